The first-order valence-corrected chi connectivity index (χ1v) is 6.33. The van der Waals surface area contributed by atoms with Gasteiger partial charge in [-0.05, 0) is 19.4 Å². The second-order valence-electron chi connectivity index (χ2n) is 4.79. The van der Waals surface area contributed by atoms with E-state index in [0.29, 0.717) is 19.7 Å². The minimum absolute atomic E-state index is 0.0832. The molecule has 0 radical (unpaired) electrons. The van der Waals surface area contributed by atoms with Gasteiger partial charge >= 0.3 is 0 Å². The van der Waals surface area contributed by atoms with Crippen molar-refractivity contribution >= 4 is 11.7 Å². The zero-order valence-electron chi connectivity index (χ0n) is 11.2. The smallest absolute Gasteiger partial charge is 0.223 e. The van der Waals surface area contributed by atoms with Crippen LogP contribution in [0, 0.1) is 0 Å². The lowest BCUT2D eigenvalue weighted by molar-refractivity contribution is -0.133. The monoisotopic (exact) mass is 259 g/mol. The number of hydrogen-bond donors (Lipinski definition) is 0. The average molecular weight is 259 g/mol. The van der Waals surface area contributed by atoms with Gasteiger partial charge in [0.1, 0.15) is 5.60 Å². The minimum atomic E-state index is -0.934. The maximum atomic E-state index is 12.2. The molecular formula is C15H17NO3. The van der Waals surface area contributed by atoms with E-state index in [4.69, 9.17) is 4.74 Å². The Bertz CT molecular complexity index is 519. The third-order valence-electron chi connectivity index (χ3n) is 3.28. The molecule has 0 bridgehead atoms. The average Bonchev–Trinajstić information content (AvgIpc) is 2.62. The fraction of sp³-hybridized carbons (Fsp3) is 0.400. The molecule has 1 aliphatic heterocycles. The van der Waals surface area contributed by atoms with Crippen LogP contribution in [0.1, 0.15) is 19.4 Å². The Hall–Kier alpha value is -1.90. The van der Waals surface area contributed by atoms with Gasteiger partial charge in [-0.2, -0.15) is 0 Å². The Labute approximate surface area is 112 Å². The van der Waals surface area contributed by atoms with Crippen LogP contribution in [0.3, 0.4) is 0 Å². The first-order valence-electron chi connectivity index (χ1n) is 6.33. The molecule has 4 heteroatoms. The number of carbonyl (C=O) groups is 1. The van der Waals surface area contributed by atoms with Crippen molar-refractivity contribution < 1.29 is 14.3 Å². The molecule has 1 unspecified atom stereocenters. The van der Waals surface area contributed by atoms with Gasteiger partial charge in [-0.3, -0.25) is 4.79 Å². The molecule has 100 valence electrons. The Morgan fingerprint density at radius 1 is 1.37 bits per heavy atom. The number of nitrogens with zero attached hydrogens (tertiary/aromatic N) is 1. The summed E-state index contributed by atoms with van der Waals surface area (Å²) in [4.78, 5) is 24.9. The van der Waals surface area contributed by atoms with E-state index in [1.807, 2.05) is 37.3 Å². The number of rotatable bonds is 4. The third kappa shape index (κ3) is 2.60. The number of ether oxygens (including phenoxy) is 1. The predicted molar refractivity (Wildman–Crippen MR) is 71.1 cm³/mol. The van der Waals surface area contributed by atoms with Crippen LogP contribution in [-0.4, -0.2) is 35.4 Å². The highest BCUT2D eigenvalue weighted by atomic mass is 16.5. The summed E-state index contributed by atoms with van der Waals surface area (Å²) in [6.45, 7) is 4.90. The van der Waals surface area contributed by atoms with Gasteiger partial charge < -0.3 is 9.64 Å². The lowest BCUT2D eigenvalue weighted by atomic mass is 10.0. The standard InChI is InChI=1S/C15H17NO3/c1-3-19-15(2)11-16(13(10-17)14(15)18)9-12-7-5-4-6-8-12/h4-8H,3,9,11H2,1-2H3. The third-order valence-corrected chi connectivity index (χ3v) is 3.28. The van der Waals surface area contributed by atoms with Gasteiger partial charge in [0, 0.05) is 13.2 Å². The van der Waals surface area contributed by atoms with Gasteiger partial charge in [-0.1, -0.05) is 30.3 Å². The quantitative estimate of drug-likeness (QED) is 0.608. The molecule has 0 aliphatic carbocycles. The molecule has 0 amide bonds. The number of Topliss-reactive ketones (excluding diaryl/α,β-unsaturated/α-hetero) is 1. The number of hydrogen-bond acceptors (Lipinski definition) is 4. The molecule has 4 nitrogen and oxygen atoms in total. The minimum Gasteiger partial charge on any atom is -0.365 e. The SMILES string of the molecule is CCOC1(C)CN(Cc2ccccc2)C(=C=O)C1=O. The number of benzene rings is 1. The van der Waals surface area contributed by atoms with E-state index in [9.17, 15) is 9.59 Å². The van der Waals surface area contributed by atoms with Crippen molar-refractivity contribution in [2.75, 3.05) is 13.2 Å². The molecule has 1 atom stereocenters. The molecule has 0 aromatic heterocycles. The molecule has 19 heavy (non-hydrogen) atoms. The molecule has 0 saturated carbocycles. The van der Waals surface area contributed by atoms with E-state index in [-0.39, 0.29) is 11.5 Å². The summed E-state index contributed by atoms with van der Waals surface area (Å²) in [6, 6.07) is 9.71. The van der Waals surface area contributed by atoms with Crippen LogP contribution in [0.4, 0.5) is 0 Å². The van der Waals surface area contributed by atoms with Crippen molar-refractivity contribution in [1.82, 2.24) is 4.90 Å². The number of likely N-dealkylation sites (tertiary alicyclic amines) is 1. The van der Waals surface area contributed by atoms with Gasteiger partial charge in [-0.15, -0.1) is 0 Å². The molecule has 2 rings (SSSR count). The summed E-state index contributed by atoms with van der Waals surface area (Å²) in [7, 11) is 0. The van der Waals surface area contributed by atoms with E-state index in [1.54, 1.807) is 17.8 Å². The van der Waals surface area contributed by atoms with Crippen molar-refractivity contribution in [3.8, 4) is 0 Å². The van der Waals surface area contributed by atoms with E-state index >= 15 is 0 Å². The fourth-order valence-corrected chi connectivity index (χ4v) is 2.39. The van der Waals surface area contributed by atoms with Crippen molar-refractivity contribution in [2.45, 2.75) is 26.0 Å². The molecule has 1 saturated heterocycles. The highest BCUT2D eigenvalue weighted by Crippen LogP contribution is 2.29. The molecule has 1 fully saturated rings. The van der Waals surface area contributed by atoms with Gasteiger partial charge in [0.2, 0.25) is 5.78 Å². The molecule has 1 aromatic rings. The van der Waals surface area contributed by atoms with E-state index in [2.05, 4.69) is 0 Å². The van der Waals surface area contributed by atoms with Crippen molar-refractivity contribution in [2.24, 2.45) is 0 Å². The normalized spacial score (nSPS) is 22.7. The van der Waals surface area contributed by atoms with Gasteiger partial charge in [0.15, 0.2) is 11.6 Å². The van der Waals surface area contributed by atoms with Crippen LogP contribution in [0.25, 0.3) is 0 Å². The molecule has 1 aliphatic rings. The Kier molecular flexibility index (Phi) is 3.84. The lowest BCUT2D eigenvalue weighted by Gasteiger charge is -2.22. The van der Waals surface area contributed by atoms with Crippen molar-refractivity contribution in [1.29, 1.82) is 0 Å². The lowest BCUT2D eigenvalue weighted by Crippen LogP contribution is -2.38. The first kappa shape index (κ1) is 13.5. The fourth-order valence-electron chi connectivity index (χ4n) is 2.39. The Morgan fingerprint density at radius 3 is 2.63 bits per heavy atom. The van der Waals surface area contributed by atoms with Gasteiger partial charge in [-0.25, -0.2) is 4.79 Å². The predicted octanol–water partition coefficient (Wildman–Crippen LogP) is 1.58. The number of ketones is 1. The molecule has 0 N–H and O–H groups in total. The molecule has 0 spiro atoms. The zero-order chi connectivity index (χ0) is 13.9. The van der Waals surface area contributed by atoms with Crippen molar-refractivity contribution in [3.63, 3.8) is 0 Å². The summed E-state index contributed by atoms with van der Waals surface area (Å²) in [5.41, 5.74) is 0.194. The highest BCUT2D eigenvalue weighted by molar-refractivity contribution is 6.09. The van der Waals surface area contributed by atoms with E-state index in [0.717, 1.165) is 5.56 Å². The van der Waals surface area contributed by atoms with Crippen LogP contribution in [0.2, 0.25) is 0 Å². The van der Waals surface area contributed by atoms with Gasteiger partial charge in [0.05, 0.1) is 6.54 Å². The Balaban J connectivity index is 2.22. The molecule has 1 aromatic carbocycles. The second kappa shape index (κ2) is 5.39. The van der Waals surface area contributed by atoms with E-state index in [1.165, 1.54) is 0 Å². The zero-order valence-corrected chi connectivity index (χ0v) is 11.2. The summed E-state index contributed by atoms with van der Waals surface area (Å²) in [5, 5.41) is 0. The summed E-state index contributed by atoms with van der Waals surface area (Å²) < 4.78 is 5.51. The van der Waals surface area contributed by atoms with Crippen LogP contribution in [-0.2, 0) is 20.9 Å². The van der Waals surface area contributed by atoms with E-state index < -0.39 is 5.60 Å². The second-order valence-corrected chi connectivity index (χ2v) is 4.79. The first-order chi connectivity index (χ1) is 9.10. The molecule has 1 heterocycles. The largest absolute Gasteiger partial charge is 0.365 e. The van der Waals surface area contributed by atoms with Crippen LogP contribution < -0.4 is 0 Å². The van der Waals surface area contributed by atoms with Crippen molar-refractivity contribution in [3.05, 3.63) is 41.6 Å². The summed E-state index contributed by atoms with van der Waals surface area (Å²) >= 11 is 0. The van der Waals surface area contributed by atoms with Gasteiger partial charge in [0.25, 0.3) is 0 Å². The summed E-state index contributed by atoms with van der Waals surface area (Å²) in [5.74, 6) is 1.48. The van der Waals surface area contributed by atoms with Crippen LogP contribution >= 0.6 is 0 Å². The maximum Gasteiger partial charge on any atom is 0.223 e. The topological polar surface area (TPSA) is 46.6 Å². The molecular weight excluding hydrogens is 242 g/mol. The Morgan fingerprint density at radius 2 is 2.05 bits per heavy atom. The van der Waals surface area contributed by atoms with Crippen LogP contribution in [0.15, 0.2) is 36.0 Å². The van der Waals surface area contributed by atoms with Crippen LogP contribution in [0.5, 0.6) is 0 Å². The number of carbonyl (C=O) groups excluding carboxylic acids is 2. The summed E-state index contributed by atoms with van der Waals surface area (Å²) in [6.07, 6.45) is 0. The highest BCUT2D eigenvalue weighted by Gasteiger charge is 2.47. The maximum absolute atomic E-state index is 12.2.